The van der Waals surface area contributed by atoms with Gasteiger partial charge < -0.3 is 10.4 Å². The highest BCUT2D eigenvalue weighted by Crippen LogP contribution is 2.23. The maximum atomic E-state index is 12.4. The fourth-order valence-electron chi connectivity index (χ4n) is 2.05. The van der Waals surface area contributed by atoms with Crippen LogP contribution in [0, 0.1) is 23.0 Å². The number of carbonyl (C=O) groups is 2. The number of carboxylic acid groups (broad SMARTS) is 1. The second-order valence-electron chi connectivity index (χ2n) is 5.85. The molecule has 0 aliphatic rings. The molecule has 0 radical (unpaired) electrons. The number of hydrogen-bond donors (Lipinski definition) is 2. The highest BCUT2D eigenvalue weighted by atomic mass is 16.6. The van der Waals surface area contributed by atoms with Crippen molar-refractivity contribution in [2.24, 2.45) is 5.92 Å². The van der Waals surface area contributed by atoms with Gasteiger partial charge in [-0.1, -0.05) is 13.8 Å². The Morgan fingerprint density at radius 1 is 1.41 bits per heavy atom. The van der Waals surface area contributed by atoms with Crippen LogP contribution in [0.2, 0.25) is 0 Å². The number of amides is 1. The summed E-state index contributed by atoms with van der Waals surface area (Å²) in [5.74, 6) is -1.53. The lowest BCUT2D eigenvalue weighted by Crippen LogP contribution is -2.51. The Bertz CT molecular complexity index is 612. The molecule has 120 valence electrons. The minimum Gasteiger partial charge on any atom is -0.481 e. The molecule has 22 heavy (non-hydrogen) atoms. The molecule has 0 bridgehead atoms. The van der Waals surface area contributed by atoms with Crippen LogP contribution in [-0.4, -0.2) is 27.4 Å². The van der Waals surface area contributed by atoms with Gasteiger partial charge in [0, 0.05) is 17.7 Å². The van der Waals surface area contributed by atoms with Gasteiger partial charge in [-0.05, 0) is 31.4 Å². The van der Waals surface area contributed by atoms with Crippen LogP contribution in [0.15, 0.2) is 18.2 Å². The number of aryl methyl sites for hydroxylation is 1. The number of hydrogen-bond acceptors (Lipinski definition) is 4. The van der Waals surface area contributed by atoms with Crippen molar-refractivity contribution >= 4 is 17.6 Å². The fourth-order valence-corrected chi connectivity index (χ4v) is 2.05. The predicted molar refractivity (Wildman–Crippen MR) is 80.8 cm³/mol. The van der Waals surface area contributed by atoms with Crippen molar-refractivity contribution < 1.29 is 19.6 Å². The van der Waals surface area contributed by atoms with Crippen molar-refractivity contribution in [2.45, 2.75) is 39.7 Å². The molecule has 0 spiro atoms. The minimum atomic E-state index is -1.00. The summed E-state index contributed by atoms with van der Waals surface area (Å²) in [4.78, 5) is 33.6. The number of rotatable bonds is 6. The highest BCUT2D eigenvalue weighted by molar-refractivity contribution is 5.96. The Balaban J connectivity index is 3.05. The molecule has 7 heteroatoms. The van der Waals surface area contributed by atoms with E-state index in [4.69, 9.17) is 5.11 Å². The molecule has 0 saturated heterocycles. The molecular formula is C15H20N2O5. The molecule has 2 N–H and O–H groups in total. The molecule has 0 aliphatic carbocycles. The van der Waals surface area contributed by atoms with Crippen LogP contribution in [0.4, 0.5) is 5.69 Å². The first-order valence-electron chi connectivity index (χ1n) is 6.86. The van der Waals surface area contributed by atoms with E-state index in [-0.39, 0.29) is 18.0 Å². The summed E-state index contributed by atoms with van der Waals surface area (Å²) in [6, 6.07) is 3.95. The Labute approximate surface area is 128 Å². The van der Waals surface area contributed by atoms with E-state index in [1.807, 2.05) is 13.8 Å². The third-order valence-electron chi connectivity index (χ3n) is 3.86. The van der Waals surface area contributed by atoms with Crippen LogP contribution in [0.3, 0.4) is 0 Å². The van der Waals surface area contributed by atoms with Crippen LogP contribution < -0.4 is 5.32 Å². The fraction of sp³-hybridized carbons (Fsp3) is 0.467. The Morgan fingerprint density at radius 3 is 2.41 bits per heavy atom. The third-order valence-corrected chi connectivity index (χ3v) is 3.86. The Morgan fingerprint density at radius 2 is 2.00 bits per heavy atom. The number of benzene rings is 1. The maximum absolute atomic E-state index is 12.4. The number of nitro groups is 1. The predicted octanol–water partition coefficient (Wildman–Crippen LogP) is 2.52. The van der Waals surface area contributed by atoms with Gasteiger partial charge in [0.05, 0.1) is 16.9 Å². The summed E-state index contributed by atoms with van der Waals surface area (Å²) >= 11 is 0. The number of nitrogens with zero attached hydrogens (tertiary/aromatic N) is 1. The van der Waals surface area contributed by atoms with Gasteiger partial charge in [0.2, 0.25) is 0 Å². The molecule has 7 nitrogen and oxygen atoms in total. The molecule has 1 unspecified atom stereocenters. The first-order valence-corrected chi connectivity index (χ1v) is 6.86. The number of nitro benzene ring substituents is 1. The van der Waals surface area contributed by atoms with Gasteiger partial charge in [-0.25, -0.2) is 0 Å². The van der Waals surface area contributed by atoms with Crippen molar-refractivity contribution in [2.75, 3.05) is 0 Å². The molecule has 1 amide bonds. The molecule has 0 heterocycles. The second-order valence-corrected chi connectivity index (χ2v) is 5.85. The molecule has 0 fully saturated rings. The zero-order valence-corrected chi connectivity index (χ0v) is 13.0. The lowest BCUT2D eigenvalue weighted by atomic mass is 9.84. The molecule has 1 aromatic carbocycles. The first-order chi connectivity index (χ1) is 10.1. The van der Waals surface area contributed by atoms with Gasteiger partial charge in [-0.15, -0.1) is 0 Å². The van der Waals surface area contributed by atoms with E-state index < -0.39 is 22.3 Å². The van der Waals surface area contributed by atoms with Gasteiger partial charge in [0.25, 0.3) is 11.6 Å². The minimum absolute atomic E-state index is 0.0915. The Hall–Kier alpha value is -2.44. The van der Waals surface area contributed by atoms with Crippen molar-refractivity contribution in [3.8, 4) is 0 Å². The summed E-state index contributed by atoms with van der Waals surface area (Å²) < 4.78 is 0. The molecule has 1 atom stereocenters. The number of non-ortho nitro benzene ring substituents is 1. The van der Waals surface area contributed by atoms with Crippen molar-refractivity contribution in [3.05, 3.63) is 39.4 Å². The van der Waals surface area contributed by atoms with Gasteiger partial charge in [0.15, 0.2) is 0 Å². The number of carbonyl (C=O) groups excluding carboxylic acids is 1. The summed E-state index contributed by atoms with van der Waals surface area (Å²) in [5, 5.41) is 22.5. The van der Waals surface area contributed by atoms with E-state index in [0.717, 1.165) is 0 Å². The van der Waals surface area contributed by atoms with E-state index in [2.05, 4.69) is 5.32 Å². The lowest BCUT2D eigenvalue weighted by Gasteiger charge is -2.33. The van der Waals surface area contributed by atoms with Crippen molar-refractivity contribution in [1.82, 2.24) is 5.32 Å². The molecule has 0 saturated carbocycles. The normalized spacial score (nSPS) is 13.5. The van der Waals surface area contributed by atoms with Crippen molar-refractivity contribution in [1.29, 1.82) is 0 Å². The molecule has 0 aromatic heterocycles. The van der Waals surface area contributed by atoms with Crippen LogP contribution >= 0.6 is 0 Å². The molecular weight excluding hydrogens is 288 g/mol. The second kappa shape index (κ2) is 6.55. The summed E-state index contributed by atoms with van der Waals surface area (Å²) in [6.07, 6.45) is -0.206. The zero-order valence-electron chi connectivity index (χ0n) is 13.0. The van der Waals surface area contributed by atoms with Crippen molar-refractivity contribution in [3.63, 3.8) is 0 Å². The van der Waals surface area contributed by atoms with E-state index in [1.165, 1.54) is 18.2 Å². The van der Waals surface area contributed by atoms with E-state index in [9.17, 15) is 19.7 Å². The lowest BCUT2D eigenvalue weighted by molar-refractivity contribution is -0.384. The summed E-state index contributed by atoms with van der Waals surface area (Å²) in [6.45, 7) is 6.92. The summed E-state index contributed by atoms with van der Waals surface area (Å²) in [5.41, 5.74) is -0.237. The number of aliphatic carboxylic acids is 1. The molecule has 1 rings (SSSR count). The van der Waals surface area contributed by atoms with E-state index >= 15 is 0 Å². The average Bonchev–Trinajstić information content (AvgIpc) is 2.36. The van der Waals surface area contributed by atoms with Crippen LogP contribution in [0.1, 0.15) is 43.1 Å². The van der Waals surface area contributed by atoms with Gasteiger partial charge in [-0.3, -0.25) is 19.7 Å². The Kier molecular flexibility index (Phi) is 5.24. The highest BCUT2D eigenvalue weighted by Gasteiger charge is 2.33. The smallest absolute Gasteiger partial charge is 0.305 e. The maximum Gasteiger partial charge on any atom is 0.305 e. The van der Waals surface area contributed by atoms with Gasteiger partial charge in [-0.2, -0.15) is 0 Å². The topological polar surface area (TPSA) is 110 Å². The number of carboxylic acids is 1. The van der Waals surface area contributed by atoms with Gasteiger partial charge >= 0.3 is 5.97 Å². The van der Waals surface area contributed by atoms with Crippen LogP contribution in [-0.2, 0) is 4.79 Å². The average molecular weight is 308 g/mol. The first kappa shape index (κ1) is 17.6. The van der Waals surface area contributed by atoms with E-state index in [1.54, 1.807) is 13.8 Å². The summed E-state index contributed by atoms with van der Waals surface area (Å²) in [7, 11) is 0. The quantitative estimate of drug-likeness (QED) is 0.620. The largest absolute Gasteiger partial charge is 0.481 e. The zero-order chi connectivity index (χ0) is 17.1. The van der Waals surface area contributed by atoms with Crippen LogP contribution in [0.25, 0.3) is 0 Å². The number of nitrogens with one attached hydrogen (secondary N) is 1. The standard InChI is InChI=1S/C15H20N2O5/c1-9(2)15(4,8-13(18)19)16-14(20)12-6-5-11(17(21)22)7-10(12)3/h5-7,9H,8H2,1-4H3,(H,16,20)(H,18,19). The third kappa shape index (κ3) is 4.03. The monoisotopic (exact) mass is 308 g/mol. The van der Waals surface area contributed by atoms with Gasteiger partial charge in [0.1, 0.15) is 0 Å². The van der Waals surface area contributed by atoms with Crippen LogP contribution in [0.5, 0.6) is 0 Å². The molecule has 1 aromatic rings. The SMILES string of the molecule is Cc1cc([N+](=O)[O-])ccc1C(=O)NC(C)(CC(=O)O)C(C)C. The molecule has 0 aliphatic heterocycles. The van der Waals surface area contributed by atoms with E-state index in [0.29, 0.717) is 11.1 Å².